The number of aromatic nitrogens is 2. The van der Waals surface area contributed by atoms with Crippen LogP contribution in [0.5, 0.6) is 0 Å². The molecule has 0 saturated heterocycles. The fourth-order valence-electron chi connectivity index (χ4n) is 2.43. The van der Waals surface area contributed by atoms with Gasteiger partial charge in [0.25, 0.3) is 0 Å². The van der Waals surface area contributed by atoms with Crippen molar-refractivity contribution in [1.82, 2.24) is 10.1 Å². The lowest BCUT2D eigenvalue weighted by molar-refractivity contribution is -0.122. The molecule has 104 valence electrons. The first-order valence-electron chi connectivity index (χ1n) is 6.64. The van der Waals surface area contributed by atoms with Crippen molar-refractivity contribution in [1.29, 1.82) is 0 Å². The molecule has 0 unspecified atom stereocenters. The summed E-state index contributed by atoms with van der Waals surface area (Å²) >= 11 is 0. The maximum Gasteiger partial charge on any atom is 0.234 e. The third kappa shape index (κ3) is 2.36. The molecule has 1 aromatic carbocycles. The molecule has 1 aliphatic carbocycles. The van der Waals surface area contributed by atoms with Gasteiger partial charge in [0.15, 0.2) is 11.6 Å². The zero-order valence-electron chi connectivity index (χ0n) is 11.3. The van der Waals surface area contributed by atoms with E-state index in [4.69, 9.17) is 9.26 Å². The molecule has 5 heteroatoms. The number of ether oxygens (including phenoxy) is 1. The average molecular weight is 272 g/mol. The number of hydrogen-bond donors (Lipinski definition) is 0. The maximum atomic E-state index is 11.5. The summed E-state index contributed by atoms with van der Waals surface area (Å²) in [5, 5.41) is 4.06. The summed E-state index contributed by atoms with van der Waals surface area (Å²) in [6.45, 7) is 0.0710. The molecule has 2 aromatic rings. The summed E-state index contributed by atoms with van der Waals surface area (Å²) < 4.78 is 9.98. The van der Waals surface area contributed by atoms with E-state index in [9.17, 15) is 4.79 Å². The van der Waals surface area contributed by atoms with Crippen LogP contribution in [0.15, 0.2) is 34.9 Å². The lowest BCUT2D eigenvalue weighted by atomic mass is 9.95. The van der Waals surface area contributed by atoms with Crippen LogP contribution in [-0.2, 0) is 21.4 Å². The molecule has 5 nitrogen and oxygen atoms in total. The SMILES string of the molecule is COCC(=O)Cc1nc(C2(c3ccccc3)CC2)no1. The van der Waals surface area contributed by atoms with Crippen molar-refractivity contribution >= 4 is 5.78 Å². The van der Waals surface area contributed by atoms with Gasteiger partial charge in [-0.2, -0.15) is 4.98 Å². The minimum Gasteiger partial charge on any atom is -0.377 e. The van der Waals surface area contributed by atoms with Gasteiger partial charge in [-0.25, -0.2) is 0 Å². The summed E-state index contributed by atoms with van der Waals surface area (Å²) in [4.78, 5) is 15.9. The zero-order chi connectivity index (χ0) is 14.0. The molecule has 0 spiro atoms. The topological polar surface area (TPSA) is 65.2 Å². The van der Waals surface area contributed by atoms with Gasteiger partial charge in [-0.3, -0.25) is 4.79 Å². The van der Waals surface area contributed by atoms with E-state index in [-0.39, 0.29) is 24.2 Å². The molecule has 1 saturated carbocycles. The number of nitrogens with zero attached hydrogens (tertiary/aromatic N) is 2. The highest BCUT2D eigenvalue weighted by molar-refractivity contribution is 5.81. The van der Waals surface area contributed by atoms with E-state index in [1.165, 1.54) is 12.7 Å². The number of ketones is 1. The Morgan fingerprint density at radius 2 is 2.10 bits per heavy atom. The predicted octanol–water partition coefficient (Wildman–Crippen LogP) is 1.91. The highest BCUT2D eigenvalue weighted by Gasteiger charge is 2.49. The Kier molecular flexibility index (Phi) is 3.36. The summed E-state index contributed by atoms with van der Waals surface area (Å²) in [6.07, 6.45) is 2.16. The molecule has 0 aliphatic heterocycles. The lowest BCUT2D eigenvalue weighted by Gasteiger charge is -2.09. The number of benzene rings is 1. The van der Waals surface area contributed by atoms with Crippen LogP contribution in [0.25, 0.3) is 0 Å². The van der Waals surface area contributed by atoms with Crippen molar-refractivity contribution in [3.8, 4) is 0 Å². The van der Waals surface area contributed by atoms with E-state index in [1.807, 2.05) is 18.2 Å². The second kappa shape index (κ2) is 5.17. The summed E-state index contributed by atoms with van der Waals surface area (Å²) in [5.41, 5.74) is 1.09. The first kappa shape index (κ1) is 13.0. The van der Waals surface area contributed by atoms with Gasteiger partial charge in [-0.05, 0) is 18.4 Å². The Hall–Kier alpha value is -2.01. The van der Waals surface area contributed by atoms with Crippen LogP contribution < -0.4 is 0 Å². The van der Waals surface area contributed by atoms with Crippen LogP contribution in [0.3, 0.4) is 0 Å². The third-order valence-electron chi connectivity index (χ3n) is 3.63. The number of Topliss-reactive ketones (excluding diaryl/α,β-unsaturated/α-hetero) is 1. The lowest BCUT2D eigenvalue weighted by Crippen LogP contribution is -2.12. The molecule has 0 bridgehead atoms. The molecule has 0 atom stereocenters. The Labute approximate surface area is 116 Å². The summed E-state index contributed by atoms with van der Waals surface area (Å²) in [5.74, 6) is 0.987. The van der Waals surface area contributed by atoms with Crippen LogP contribution in [0.2, 0.25) is 0 Å². The van der Waals surface area contributed by atoms with Gasteiger partial charge in [0, 0.05) is 7.11 Å². The molecule has 0 radical (unpaired) electrons. The van der Waals surface area contributed by atoms with Gasteiger partial charge in [0.2, 0.25) is 5.89 Å². The van der Waals surface area contributed by atoms with E-state index in [0.29, 0.717) is 11.7 Å². The normalized spacial score (nSPS) is 16.1. The van der Waals surface area contributed by atoms with Crippen molar-refractivity contribution in [3.05, 3.63) is 47.6 Å². The van der Waals surface area contributed by atoms with E-state index in [2.05, 4.69) is 22.3 Å². The molecule has 1 aromatic heterocycles. The van der Waals surface area contributed by atoms with Crippen molar-refractivity contribution in [3.63, 3.8) is 0 Å². The average Bonchev–Trinajstić information content (AvgIpc) is 3.15. The Morgan fingerprint density at radius 3 is 2.75 bits per heavy atom. The van der Waals surface area contributed by atoms with E-state index in [0.717, 1.165) is 12.8 Å². The van der Waals surface area contributed by atoms with Crippen LogP contribution in [0.4, 0.5) is 0 Å². The third-order valence-corrected chi connectivity index (χ3v) is 3.63. The molecule has 0 N–H and O–H groups in total. The number of hydrogen-bond acceptors (Lipinski definition) is 5. The first-order valence-corrected chi connectivity index (χ1v) is 6.64. The number of methoxy groups -OCH3 is 1. The van der Waals surface area contributed by atoms with Crippen LogP contribution in [-0.4, -0.2) is 29.6 Å². The Balaban J connectivity index is 1.79. The minimum atomic E-state index is -0.118. The van der Waals surface area contributed by atoms with Gasteiger partial charge in [-0.15, -0.1) is 0 Å². The summed E-state index contributed by atoms with van der Waals surface area (Å²) in [7, 11) is 1.49. The van der Waals surface area contributed by atoms with E-state index >= 15 is 0 Å². The molecule has 1 fully saturated rings. The highest BCUT2D eigenvalue weighted by atomic mass is 16.5. The Bertz CT molecular complexity index is 603. The number of carbonyl (C=O) groups is 1. The van der Waals surface area contributed by atoms with Crippen molar-refractivity contribution in [2.75, 3.05) is 13.7 Å². The molecule has 1 aliphatic rings. The van der Waals surface area contributed by atoms with E-state index in [1.54, 1.807) is 0 Å². The predicted molar refractivity (Wildman–Crippen MR) is 71.3 cm³/mol. The fraction of sp³-hybridized carbons (Fsp3) is 0.400. The summed E-state index contributed by atoms with van der Waals surface area (Å²) in [6, 6.07) is 10.2. The monoisotopic (exact) mass is 272 g/mol. The maximum absolute atomic E-state index is 11.5. The molecular weight excluding hydrogens is 256 g/mol. The zero-order valence-corrected chi connectivity index (χ0v) is 11.3. The van der Waals surface area contributed by atoms with Gasteiger partial charge >= 0.3 is 0 Å². The Morgan fingerprint density at radius 1 is 1.35 bits per heavy atom. The van der Waals surface area contributed by atoms with Gasteiger partial charge in [0.05, 0.1) is 11.8 Å². The van der Waals surface area contributed by atoms with Crippen molar-refractivity contribution < 1.29 is 14.1 Å². The first-order chi connectivity index (χ1) is 9.74. The molecule has 20 heavy (non-hydrogen) atoms. The molecule has 0 amide bonds. The fourth-order valence-corrected chi connectivity index (χ4v) is 2.43. The van der Waals surface area contributed by atoms with Crippen LogP contribution >= 0.6 is 0 Å². The second-order valence-electron chi connectivity index (χ2n) is 5.11. The smallest absolute Gasteiger partial charge is 0.234 e. The quantitative estimate of drug-likeness (QED) is 0.803. The largest absolute Gasteiger partial charge is 0.377 e. The van der Waals surface area contributed by atoms with Crippen molar-refractivity contribution in [2.24, 2.45) is 0 Å². The van der Waals surface area contributed by atoms with Crippen LogP contribution in [0, 0.1) is 0 Å². The number of carbonyl (C=O) groups excluding carboxylic acids is 1. The highest BCUT2D eigenvalue weighted by Crippen LogP contribution is 2.52. The van der Waals surface area contributed by atoms with Gasteiger partial charge < -0.3 is 9.26 Å². The second-order valence-corrected chi connectivity index (χ2v) is 5.11. The molecule has 3 rings (SSSR count). The minimum absolute atomic E-state index is 0.0627. The molecule has 1 heterocycles. The standard InChI is InChI=1S/C15H16N2O3/c1-19-10-12(18)9-13-16-14(17-20-13)15(7-8-15)11-5-3-2-4-6-11/h2-6H,7-10H2,1H3. The van der Waals surface area contributed by atoms with Crippen molar-refractivity contribution in [2.45, 2.75) is 24.7 Å². The number of rotatable bonds is 6. The molecular formula is C15H16N2O3. The van der Waals surface area contributed by atoms with Crippen LogP contribution in [0.1, 0.15) is 30.1 Å². The van der Waals surface area contributed by atoms with E-state index < -0.39 is 0 Å². The van der Waals surface area contributed by atoms with Gasteiger partial charge in [-0.1, -0.05) is 35.5 Å². The van der Waals surface area contributed by atoms with Gasteiger partial charge in [0.1, 0.15) is 6.61 Å².